The molecule has 3 aliphatic rings. The molecule has 0 aromatic heterocycles. The van der Waals surface area contributed by atoms with Gasteiger partial charge in [-0.1, -0.05) is 13.8 Å². The molecule has 6 atom stereocenters. The van der Waals surface area contributed by atoms with Crippen molar-refractivity contribution in [2.75, 3.05) is 13.7 Å². The molecule has 0 unspecified atom stereocenters. The molecule has 0 aromatic rings. The third-order valence-corrected chi connectivity index (χ3v) is 6.90. The van der Waals surface area contributed by atoms with Crippen LogP contribution in [0.25, 0.3) is 0 Å². The zero-order valence-corrected chi connectivity index (χ0v) is 12.5. The highest BCUT2D eigenvalue weighted by Crippen LogP contribution is 2.69. The Morgan fingerprint density at radius 1 is 1.21 bits per heavy atom. The molecule has 3 nitrogen and oxygen atoms in total. The summed E-state index contributed by atoms with van der Waals surface area (Å²) < 4.78 is 5.84. The van der Waals surface area contributed by atoms with Crippen molar-refractivity contribution in [2.24, 2.45) is 22.2 Å². The fourth-order valence-corrected chi connectivity index (χ4v) is 5.83. The lowest BCUT2D eigenvalue weighted by atomic mass is 9.49. The summed E-state index contributed by atoms with van der Waals surface area (Å²) in [6, 6.07) is 0. The van der Waals surface area contributed by atoms with Crippen LogP contribution in [0.15, 0.2) is 0 Å². The molecular weight excluding hydrogens is 240 g/mol. The molecular formula is C16H28O3. The largest absolute Gasteiger partial charge is 0.396 e. The molecule has 2 N–H and O–H groups in total. The Balaban J connectivity index is 2.00. The Bertz CT molecular complexity index is 371. The van der Waals surface area contributed by atoms with Crippen molar-refractivity contribution >= 4 is 0 Å². The number of rotatable bonds is 2. The monoisotopic (exact) mass is 268 g/mol. The molecule has 0 aliphatic heterocycles. The minimum atomic E-state index is -0.155. The van der Waals surface area contributed by atoms with Crippen molar-refractivity contribution in [3.05, 3.63) is 0 Å². The Morgan fingerprint density at radius 2 is 1.95 bits per heavy atom. The van der Waals surface area contributed by atoms with Crippen molar-refractivity contribution in [1.82, 2.24) is 0 Å². The third kappa shape index (κ3) is 1.68. The number of hydrogen-bond donors (Lipinski definition) is 2. The van der Waals surface area contributed by atoms with Crippen LogP contribution in [0.1, 0.15) is 52.4 Å². The first-order valence-corrected chi connectivity index (χ1v) is 7.72. The number of fused-ring (bicyclic) bond motifs is 1. The quantitative estimate of drug-likeness (QED) is 0.808. The van der Waals surface area contributed by atoms with E-state index in [1.54, 1.807) is 0 Å². The Morgan fingerprint density at radius 3 is 2.58 bits per heavy atom. The second kappa shape index (κ2) is 4.19. The average Bonchev–Trinajstić information content (AvgIpc) is 2.64. The maximum Gasteiger partial charge on any atom is 0.0636 e. The van der Waals surface area contributed by atoms with Crippen LogP contribution in [-0.4, -0.2) is 36.1 Å². The molecule has 1 spiro atoms. The fraction of sp³-hybridized carbons (Fsp3) is 1.00. The Hall–Kier alpha value is -0.120. The third-order valence-electron chi connectivity index (χ3n) is 6.90. The van der Waals surface area contributed by atoms with E-state index >= 15 is 0 Å². The van der Waals surface area contributed by atoms with Gasteiger partial charge in [-0.3, -0.25) is 0 Å². The normalized spacial score (nSPS) is 57.0. The van der Waals surface area contributed by atoms with E-state index in [4.69, 9.17) is 4.74 Å². The van der Waals surface area contributed by atoms with Crippen LogP contribution in [0.4, 0.5) is 0 Å². The minimum absolute atomic E-state index is 0.00426. The van der Waals surface area contributed by atoms with E-state index in [0.29, 0.717) is 5.92 Å². The van der Waals surface area contributed by atoms with E-state index in [0.717, 1.165) is 38.5 Å². The maximum atomic E-state index is 10.4. The highest BCUT2D eigenvalue weighted by atomic mass is 16.5. The Kier molecular flexibility index (Phi) is 3.05. The molecule has 110 valence electrons. The van der Waals surface area contributed by atoms with Crippen LogP contribution >= 0.6 is 0 Å². The highest BCUT2D eigenvalue weighted by Gasteiger charge is 2.66. The van der Waals surface area contributed by atoms with E-state index in [2.05, 4.69) is 13.8 Å². The topological polar surface area (TPSA) is 49.7 Å². The van der Waals surface area contributed by atoms with Crippen molar-refractivity contribution < 1.29 is 14.9 Å². The zero-order chi connectivity index (χ0) is 13.9. The SMILES string of the molecule is CO[C@H]1C[C@@](C)(CO)[C@@H]2CC[C@]3(C)C[C@]12CC[C@H]3O. The minimum Gasteiger partial charge on any atom is -0.396 e. The second-order valence-electron chi connectivity index (χ2n) is 7.95. The lowest BCUT2D eigenvalue weighted by molar-refractivity contribution is -0.152. The van der Waals surface area contributed by atoms with Gasteiger partial charge in [0.1, 0.15) is 0 Å². The van der Waals surface area contributed by atoms with Gasteiger partial charge in [-0.25, -0.2) is 0 Å². The van der Waals surface area contributed by atoms with Gasteiger partial charge in [0.05, 0.1) is 12.2 Å². The molecule has 0 aromatic carbocycles. The van der Waals surface area contributed by atoms with Crippen LogP contribution in [0, 0.1) is 22.2 Å². The summed E-state index contributed by atoms with van der Waals surface area (Å²) in [6.07, 6.45) is 6.31. The van der Waals surface area contributed by atoms with E-state index in [1.165, 1.54) is 0 Å². The summed E-state index contributed by atoms with van der Waals surface area (Å²) in [5.41, 5.74) is 0.259. The van der Waals surface area contributed by atoms with Crippen LogP contribution in [0.2, 0.25) is 0 Å². The summed E-state index contributed by atoms with van der Waals surface area (Å²) in [5, 5.41) is 20.2. The molecule has 2 bridgehead atoms. The first-order valence-electron chi connectivity index (χ1n) is 7.72. The van der Waals surface area contributed by atoms with Crippen LogP contribution in [-0.2, 0) is 4.74 Å². The van der Waals surface area contributed by atoms with Crippen molar-refractivity contribution in [3.63, 3.8) is 0 Å². The first-order chi connectivity index (χ1) is 8.90. The smallest absolute Gasteiger partial charge is 0.0636 e. The molecule has 3 saturated carbocycles. The molecule has 0 heterocycles. The molecule has 0 saturated heterocycles. The van der Waals surface area contributed by atoms with Gasteiger partial charge in [-0.05, 0) is 55.3 Å². The number of hydrogen-bond acceptors (Lipinski definition) is 3. The lowest BCUT2D eigenvalue weighted by Crippen LogP contribution is -2.54. The molecule has 3 heteroatoms. The number of aliphatic hydroxyl groups is 2. The van der Waals surface area contributed by atoms with E-state index in [-0.39, 0.29) is 35.1 Å². The van der Waals surface area contributed by atoms with Gasteiger partial charge in [0.25, 0.3) is 0 Å². The Labute approximate surface area is 116 Å². The van der Waals surface area contributed by atoms with E-state index < -0.39 is 0 Å². The predicted molar refractivity (Wildman–Crippen MR) is 73.7 cm³/mol. The predicted octanol–water partition coefficient (Wildman–Crippen LogP) is 2.35. The second-order valence-corrected chi connectivity index (χ2v) is 7.95. The molecule has 3 fully saturated rings. The fourth-order valence-electron chi connectivity index (χ4n) is 5.83. The first kappa shape index (κ1) is 13.8. The maximum absolute atomic E-state index is 10.4. The van der Waals surface area contributed by atoms with Gasteiger partial charge in [-0.2, -0.15) is 0 Å². The van der Waals surface area contributed by atoms with Gasteiger partial charge in [0, 0.05) is 19.1 Å². The lowest BCUT2D eigenvalue weighted by Gasteiger charge is -2.58. The van der Waals surface area contributed by atoms with Crippen LogP contribution < -0.4 is 0 Å². The van der Waals surface area contributed by atoms with Gasteiger partial charge in [-0.15, -0.1) is 0 Å². The summed E-state index contributed by atoms with van der Waals surface area (Å²) in [6.45, 7) is 4.74. The van der Waals surface area contributed by atoms with E-state index in [9.17, 15) is 10.2 Å². The van der Waals surface area contributed by atoms with Crippen LogP contribution in [0.5, 0.6) is 0 Å². The van der Waals surface area contributed by atoms with Gasteiger partial charge in [0.2, 0.25) is 0 Å². The molecule has 3 rings (SSSR count). The van der Waals surface area contributed by atoms with E-state index in [1.807, 2.05) is 7.11 Å². The molecule has 19 heavy (non-hydrogen) atoms. The van der Waals surface area contributed by atoms with Crippen molar-refractivity contribution in [3.8, 4) is 0 Å². The van der Waals surface area contributed by atoms with Crippen LogP contribution in [0.3, 0.4) is 0 Å². The van der Waals surface area contributed by atoms with Gasteiger partial charge >= 0.3 is 0 Å². The van der Waals surface area contributed by atoms with Crippen molar-refractivity contribution in [2.45, 2.75) is 64.6 Å². The summed E-state index contributed by atoms with van der Waals surface area (Å²) in [4.78, 5) is 0. The summed E-state index contributed by atoms with van der Waals surface area (Å²) in [5.74, 6) is 0.551. The standard InChI is InChI=1S/C16H28O3/c1-14-6-4-11-15(2,10-17)8-13(19-3)16(11,9-14)7-5-12(14)18/h11-13,17-18H,4-10H2,1-3H3/t11-,12+,13-,14+,15-,16-/m0/s1. The zero-order valence-electron chi connectivity index (χ0n) is 12.5. The number of aliphatic hydroxyl groups excluding tert-OH is 2. The average molecular weight is 268 g/mol. The molecule has 0 amide bonds. The van der Waals surface area contributed by atoms with Gasteiger partial charge < -0.3 is 14.9 Å². The molecule has 0 radical (unpaired) electrons. The highest BCUT2D eigenvalue weighted by molar-refractivity contribution is 5.15. The molecule has 3 aliphatic carbocycles. The van der Waals surface area contributed by atoms with Gasteiger partial charge in [0.15, 0.2) is 0 Å². The van der Waals surface area contributed by atoms with Crippen molar-refractivity contribution in [1.29, 1.82) is 0 Å². The summed E-state index contributed by atoms with van der Waals surface area (Å²) >= 11 is 0. The number of methoxy groups -OCH3 is 1. The number of ether oxygens (including phenoxy) is 1. The summed E-state index contributed by atoms with van der Waals surface area (Å²) in [7, 11) is 1.82.